The standard InChI is InChI=1S/C29H35N3O/c1-30-20-22-32(23-21-30)28-16-12-26(13-17-28)29(33,24-8-4-2-5-9-24)25-10-14-27(15-11-25)31-18-6-3-7-19-31/h2,4-5,8-17,33H,3,6-7,18-23H2,1H3. The monoisotopic (exact) mass is 441 g/mol. The Hall–Kier alpha value is -2.82. The number of hydrogen-bond acceptors (Lipinski definition) is 4. The summed E-state index contributed by atoms with van der Waals surface area (Å²) in [5.74, 6) is 0. The van der Waals surface area contributed by atoms with Crippen molar-refractivity contribution in [3.63, 3.8) is 0 Å². The van der Waals surface area contributed by atoms with Crippen LogP contribution in [0.4, 0.5) is 11.4 Å². The normalized spacial score (nSPS) is 19.3. The molecule has 3 aromatic rings. The number of piperazine rings is 1. The van der Waals surface area contributed by atoms with E-state index >= 15 is 0 Å². The van der Waals surface area contributed by atoms with Gasteiger partial charge in [0, 0.05) is 50.6 Å². The summed E-state index contributed by atoms with van der Waals surface area (Å²) in [6.45, 7) is 6.48. The van der Waals surface area contributed by atoms with Crippen LogP contribution in [0.25, 0.3) is 0 Å². The molecule has 2 heterocycles. The average molecular weight is 442 g/mol. The Morgan fingerprint density at radius 2 is 1.00 bits per heavy atom. The van der Waals surface area contributed by atoms with Gasteiger partial charge in [0.25, 0.3) is 0 Å². The highest BCUT2D eigenvalue weighted by molar-refractivity contribution is 5.56. The van der Waals surface area contributed by atoms with Crippen molar-refractivity contribution in [3.05, 3.63) is 95.6 Å². The van der Waals surface area contributed by atoms with Gasteiger partial charge in [-0.1, -0.05) is 54.6 Å². The number of hydrogen-bond donors (Lipinski definition) is 1. The molecule has 1 unspecified atom stereocenters. The van der Waals surface area contributed by atoms with E-state index in [0.29, 0.717) is 0 Å². The molecule has 2 saturated heterocycles. The van der Waals surface area contributed by atoms with E-state index in [0.717, 1.165) is 56.0 Å². The zero-order valence-corrected chi connectivity index (χ0v) is 19.7. The van der Waals surface area contributed by atoms with Crippen LogP contribution >= 0.6 is 0 Å². The van der Waals surface area contributed by atoms with Gasteiger partial charge in [-0.05, 0) is 67.3 Å². The van der Waals surface area contributed by atoms with Gasteiger partial charge in [-0.3, -0.25) is 0 Å². The number of rotatable bonds is 5. The van der Waals surface area contributed by atoms with Crippen LogP contribution in [-0.4, -0.2) is 56.3 Å². The van der Waals surface area contributed by atoms with Crippen LogP contribution in [0.3, 0.4) is 0 Å². The minimum Gasteiger partial charge on any atom is -0.376 e. The van der Waals surface area contributed by atoms with Crippen LogP contribution in [0, 0.1) is 0 Å². The topological polar surface area (TPSA) is 30.0 Å². The maximum absolute atomic E-state index is 12.2. The largest absolute Gasteiger partial charge is 0.376 e. The summed E-state index contributed by atoms with van der Waals surface area (Å²) in [6.07, 6.45) is 3.84. The summed E-state index contributed by atoms with van der Waals surface area (Å²) >= 11 is 0. The number of nitrogens with zero attached hydrogens (tertiary/aromatic N) is 3. The number of piperidine rings is 1. The summed E-state index contributed by atoms with van der Waals surface area (Å²) in [5, 5.41) is 12.2. The molecule has 33 heavy (non-hydrogen) atoms. The first-order valence-corrected chi connectivity index (χ1v) is 12.3. The Labute approximate surface area is 198 Å². The van der Waals surface area contributed by atoms with Crippen molar-refractivity contribution in [2.24, 2.45) is 0 Å². The molecule has 1 atom stereocenters. The molecule has 0 bridgehead atoms. The van der Waals surface area contributed by atoms with Crippen molar-refractivity contribution in [2.45, 2.75) is 24.9 Å². The fourth-order valence-electron chi connectivity index (χ4n) is 5.22. The van der Waals surface area contributed by atoms with Crippen molar-refractivity contribution in [1.82, 2.24) is 4.90 Å². The first kappa shape index (κ1) is 22.0. The van der Waals surface area contributed by atoms with Gasteiger partial charge in [0.15, 0.2) is 0 Å². The fraction of sp³-hybridized carbons (Fsp3) is 0.379. The molecular formula is C29H35N3O. The minimum atomic E-state index is -1.19. The summed E-state index contributed by atoms with van der Waals surface area (Å²) in [6, 6.07) is 27.1. The third kappa shape index (κ3) is 4.50. The van der Waals surface area contributed by atoms with Gasteiger partial charge >= 0.3 is 0 Å². The van der Waals surface area contributed by atoms with Gasteiger partial charge in [-0.25, -0.2) is 0 Å². The second-order valence-corrected chi connectivity index (χ2v) is 9.51. The quantitative estimate of drug-likeness (QED) is 0.581. The van der Waals surface area contributed by atoms with Gasteiger partial charge < -0.3 is 19.8 Å². The van der Waals surface area contributed by atoms with E-state index in [1.807, 2.05) is 30.3 Å². The Morgan fingerprint density at radius 1 is 0.545 bits per heavy atom. The van der Waals surface area contributed by atoms with E-state index in [2.05, 4.69) is 70.3 Å². The van der Waals surface area contributed by atoms with E-state index in [-0.39, 0.29) is 0 Å². The van der Waals surface area contributed by atoms with Crippen molar-refractivity contribution in [1.29, 1.82) is 0 Å². The highest BCUT2D eigenvalue weighted by Gasteiger charge is 2.34. The number of likely N-dealkylation sites (N-methyl/N-ethyl adjacent to an activating group) is 1. The molecule has 2 aliphatic heterocycles. The third-order valence-electron chi connectivity index (χ3n) is 7.35. The number of benzene rings is 3. The van der Waals surface area contributed by atoms with Crippen LogP contribution in [0.15, 0.2) is 78.9 Å². The van der Waals surface area contributed by atoms with E-state index in [4.69, 9.17) is 0 Å². The molecule has 0 aromatic heterocycles. The van der Waals surface area contributed by atoms with E-state index in [1.54, 1.807) is 0 Å². The Morgan fingerprint density at radius 3 is 1.52 bits per heavy atom. The lowest BCUT2D eigenvalue weighted by Crippen LogP contribution is -2.44. The van der Waals surface area contributed by atoms with Gasteiger partial charge in [0.2, 0.25) is 0 Å². The smallest absolute Gasteiger partial charge is 0.140 e. The van der Waals surface area contributed by atoms with Crippen LogP contribution in [-0.2, 0) is 5.60 Å². The molecule has 2 aliphatic rings. The fourth-order valence-corrected chi connectivity index (χ4v) is 5.22. The molecule has 3 aromatic carbocycles. The zero-order chi connectivity index (χ0) is 22.7. The number of aliphatic hydroxyl groups is 1. The lowest BCUT2D eigenvalue weighted by Gasteiger charge is -2.35. The highest BCUT2D eigenvalue weighted by Crippen LogP contribution is 2.38. The summed E-state index contributed by atoms with van der Waals surface area (Å²) in [7, 11) is 2.18. The van der Waals surface area contributed by atoms with Crippen molar-refractivity contribution in [2.75, 3.05) is 56.1 Å². The highest BCUT2D eigenvalue weighted by atomic mass is 16.3. The predicted molar refractivity (Wildman–Crippen MR) is 137 cm³/mol. The maximum atomic E-state index is 12.2. The van der Waals surface area contributed by atoms with Gasteiger partial charge in [-0.2, -0.15) is 0 Å². The maximum Gasteiger partial charge on any atom is 0.140 e. The Kier molecular flexibility index (Phi) is 6.39. The second kappa shape index (κ2) is 9.58. The van der Waals surface area contributed by atoms with E-state index in [1.165, 1.54) is 30.6 Å². The molecule has 4 heteroatoms. The van der Waals surface area contributed by atoms with Crippen LogP contribution in [0.5, 0.6) is 0 Å². The Bertz CT molecular complexity index is 1020. The number of anilines is 2. The van der Waals surface area contributed by atoms with Gasteiger partial charge in [-0.15, -0.1) is 0 Å². The molecule has 1 N–H and O–H groups in total. The second-order valence-electron chi connectivity index (χ2n) is 9.51. The molecule has 0 radical (unpaired) electrons. The van der Waals surface area contributed by atoms with Crippen molar-refractivity contribution < 1.29 is 5.11 Å². The molecule has 5 rings (SSSR count). The molecule has 0 amide bonds. The molecule has 0 aliphatic carbocycles. The lowest BCUT2D eigenvalue weighted by molar-refractivity contribution is 0.125. The summed E-state index contributed by atoms with van der Waals surface area (Å²) in [5.41, 5.74) is 3.98. The SMILES string of the molecule is CN1CCN(c2ccc(C(O)(c3ccccc3)c3ccc(N4CCCCC4)cc3)cc2)CC1. The Balaban J connectivity index is 1.47. The minimum absolute atomic E-state index is 0.892. The van der Waals surface area contributed by atoms with Crippen molar-refractivity contribution in [3.8, 4) is 0 Å². The third-order valence-corrected chi connectivity index (χ3v) is 7.35. The summed E-state index contributed by atoms with van der Waals surface area (Å²) in [4.78, 5) is 7.25. The zero-order valence-electron chi connectivity index (χ0n) is 19.7. The van der Waals surface area contributed by atoms with Crippen LogP contribution in [0.1, 0.15) is 36.0 Å². The average Bonchev–Trinajstić information content (AvgIpc) is 2.90. The predicted octanol–water partition coefficient (Wildman–Crippen LogP) is 4.71. The summed E-state index contributed by atoms with van der Waals surface area (Å²) < 4.78 is 0. The molecular weight excluding hydrogens is 406 g/mol. The van der Waals surface area contributed by atoms with Gasteiger partial charge in [0.05, 0.1) is 0 Å². The van der Waals surface area contributed by atoms with Crippen LogP contribution < -0.4 is 9.80 Å². The first-order valence-electron chi connectivity index (χ1n) is 12.3. The van der Waals surface area contributed by atoms with Gasteiger partial charge in [0.1, 0.15) is 5.60 Å². The molecule has 4 nitrogen and oxygen atoms in total. The molecule has 0 saturated carbocycles. The molecule has 2 fully saturated rings. The molecule has 0 spiro atoms. The molecule has 172 valence electrons. The van der Waals surface area contributed by atoms with E-state index < -0.39 is 5.60 Å². The van der Waals surface area contributed by atoms with Crippen LogP contribution in [0.2, 0.25) is 0 Å². The van der Waals surface area contributed by atoms with Crippen molar-refractivity contribution >= 4 is 11.4 Å². The first-order chi connectivity index (χ1) is 16.1. The van der Waals surface area contributed by atoms with E-state index in [9.17, 15) is 5.11 Å². The lowest BCUT2D eigenvalue weighted by atomic mass is 9.80.